The van der Waals surface area contributed by atoms with Crippen molar-refractivity contribution in [2.24, 2.45) is 0 Å². The van der Waals surface area contributed by atoms with E-state index >= 15 is 0 Å². The number of aromatic nitrogens is 3. The second-order valence-electron chi connectivity index (χ2n) is 4.23. The standard InChI is InChI=1S/C12H15ClN4OS/c1-3-7(2)15-10(18)6-19-12-16-9-4-8(13)5-14-11(9)17-12/h4-5,7H,3,6H2,1-2H3,(H,15,18)(H,14,16,17). The van der Waals surface area contributed by atoms with Crippen molar-refractivity contribution < 1.29 is 4.79 Å². The lowest BCUT2D eigenvalue weighted by molar-refractivity contribution is -0.119. The van der Waals surface area contributed by atoms with Crippen LogP contribution < -0.4 is 5.32 Å². The third kappa shape index (κ3) is 3.84. The molecular formula is C12H15ClN4OS. The summed E-state index contributed by atoms with van der Waals surface area (Å²) in [5, 5.41) is 4.13. The minimum Gasteiger partial charge on any atom is -0.353 e. The molecule has 19 heavy (non-hydrogen) atoms. The molecule has 0 fully saturated rings. The van der Waals surface area contributed by atoms with Gasteiger partial charge in [-0.2, -0.15) is 0 Å². The number of hydrogen-bond acceptors (Lipinski definition) is 4. The number of thioether (sulfide) groups is 1. The summed E-state index contributed by atoms with van der Waals surface area (Å²) in [5.74, 6) is 0.337. The number of aromatic amines is 1. The third-order valence-electron chi connectivity index (χ3n) is 2.64. The molecule has 102 valence electrons. The first-order valence-electron chi connectivity index (χ1n) is 6.02. The minimum absolute atomic E-state index is 0.00537. The zero-order valence-corrected chi connectivity index (χ0v) is 12.3. The van der Waals surface area contributed by atoms with Gasteiger partial charge in [0.2, 0.25) is 5.91 Å². The van der Waals surface area contributed by atoms with Gasteiger partial charge >= 0.3 is 0 Å². The molecule has 2 aromatic heterocycles. The van der Waals surface area contributed by atoms with Gasteiger partial charge in [0.15, 0.2) is 10.8 Å². The van der Waals surface area contributed by atoms with Gasteiger partial charge in [-0.25, -0.2) is 9.97 Å². The number of carbonyl (C=O) groups is 1. The topological polar surface area (TPSA) is 70.7 Å². The van der Waals surface area contributed by atoms with Crippen molar-refractivity contribution >= 4 is 40.4 Å². The lowest BCUT2D eigenvalue weighted by Crippen LogP contribution is -2.33. The summed E-state index contributed by atoms with van der Waals surface area (Å²) >= 11 is 7.20. The van der Waals surface area contributed by atoms with Crippen LogP contribution in [-0.4, -0.2) is 32.7 Å². The van der Waals surface area contributed by atoms with Gasteiger partial charge < -0.3 is 10.3 Å². The molecule has 2 heterocycles. The number of fused-ring (bicyclic) bond motifs is 1. The van der Waals surface area contributed by atoms with Gasteiger partial charge in [0, 0.05) is 12.2 Å². The molecule has 5 nitrogen and oxygen atoms in total. The van der Waals surface area contributed by atoms with E-state index < -0.39 is 0 Å². The Morgan fingerprint density at radius 2 is 2.42 bits per heavy atom. The number of imidazole rings is 1. The maximum atomic E-state index is 11.6. The molecule has 1 amide bonds. The van der Waals surface area contributed by atoms with Gasteiger partial charge in [0.1, 0.15) is 0 Å². The van der Waals surface area contributed by atoms with Crippen LogP contribution in [0.15, 0.2) is 17.4 Å². The maximum absolute atomic E-state index is 11.6. The molecule has 1 unspecified atom stereocenters. The number of nitrogens with one attached hydrogen (secondary N) is 2. The van der Waals surface area contributed by atoms with E-state index in [2.05, 4.69) is 20.3 Å². The second kappa shape index (κ2) is 6.25. The Kier molecular flexibility index (Phi) is 4.66. The molecule has 2 rings (SSSR count). The fourth-order valence-corrected chi connectivity index (χ4v) is 2.32. The highest BCUT2D eigenvalue weighted by Gasteiger charge is 2.09. The van der Waals surface area contributed by atoms with E-state index in [0.29, 0.717) is 21.6 Å². The molecule has 0 aromatic carbocycles. The van der Waals surface area contributed by atoms with Crippen LogP contribution in [0.2, 0.25) is 5.02 Å². The molecular weight excluding hydrogens is 284 g/mol. The number of halogens is 1. The van der Waals surface area contributed by atoms with Gasteiger partial charge in [-0.3, -0.25) is 4.79 Å². The van der Waals surface area contributed by atoms with Crippen LogP contribution in [-0.2, 0) is 4.79 Å². The average Bonchev–Trinajstić information content (AvgIpc) is 2.78. The van der Waals surface area contributed by atoms with Crippen molar-refractivity contribution in [3.63, 3.8) is 0 Å². The third-order valence-corrected chi connectivity index (χ3v) is 3.72. The normalized spacial score (nSPS) is 12.6. The van der Waals surface area contributed by atoms with Crippen LogP contribution >= 0.6 is 23.4 Å². The number of rotatable bonds is 5. The fraction of sp³-hybridized carbons (Fsp3) is 0.417. The highest BCUT2D eigenvalue weighted by molar-refractivity contribution is 7.99. The van der Waals surface area contributed by atoms with Crippen LogP contribution in [0.5, 0.6) is 0 Å². The molecule has 0 bridgehead atoms. The van der Waals surface area contributed by atoms with Crippen molar-refractivity contribution in [1.82, 2.24) is 20.3 Å². The lowest BCUT2D eigenvalue weighted by Gasteiger charge is -2.10. The zero-order chi connectivity index (χ0) is 13.8. The van der Waals surface area contributed by atoms with Gasteiger partial charge in [-0.1, -0.05) is 30.3 Å². The van der Waals surface area contributed by atoms with E-state index in [9.17, 15) is 4.79 Å². The SMILES string of the molecule is CCC(C)NC(=O)CSc1nc2ncc(Cl)cc2[nH]1. The average molecular weight is 299 g/mol. The number of nitrogens with zero attached hydrogens (tertiary/aromatic N) is 2. The van der Waals surface area contributed by atoms with Crippen LogP contribution in [0.1, 0.15) is 20.3 Å². The van der Waals surface area contributed by atoms with Gasteiger partial charge in [0.25, 0.3) is 0 Å². The Labute approximate surface area is 120 Å². The summed E-state index contributed by atoms with van der Waals surface area (Å²) in [6.07, 6.45) is 2.47. The van der Waals surface area contributed by atoms with Crippen molar-refractivity contribution in [2.75, 3.05) is 5.75 Å². The molecule has 0 saturated carbocycles. The van der Waals surface area contributed by atoms with Gasteiger partial charge in [0.05, 0.1) is 16.3 Å². The van der Waals surface area contributed by atoms with E-state index in [1.54, 1.807) is 12.3 Å². The smallest absolute Gasteiger partial charge is 0.230 e. The first-order valence-corrected chi connectivity index (χ1v) is 7.38. The van der Waals surface area contributed by atoms with E-state index in [4.69, 9.17) is 11.6 Å². The van der Waals surface area contributed by atoms with Gasteiger partial charge in [-0.15, -0.1) is 0 Å². The number of hydrogen-bond donors (Lipinski definition) is 2. The molecule has 1 atom stereocenters. The highest BCUT2D eigenvalue weighted by atomic mass is 35.5. The van der Waals surface area contributed by atoms with E-state index in [0.717, 1.165) is 11.9 Å². The minimum atomic E-state index is 0.00537. The number of carbonyl (C=O) groups excluding carboxylic acids is 1. The summed E-state index contributed by atoms with van der Waals surface area (Å²) in [5.41, 5.74) is 1.38. The predicted molar refractivity (Wildman–Crippen MR) is 77.5 cm³/mol. The molecule has 0 aliphatic rings. The monoisotopic (exact) mass is 298 g/mol. The highest BCUT2D eigenvalue weighted by Crippen LogP contribution is 2.20. The fourth-order valence-electron chi connectivity index (χ4n) is 1.47. The summed E-state index contributed by atoms with van der Waals surface area (Å²) in [6.45, 7) is 4.02. The van der Waals surface area contributed by atoms with Crippen molar-refractivity contribution in [1.29, 1.82) is 0 Å². The summed E-state index contributed by atoms with van der Waals surface area (Å²) in [6, 6.07) is 1.96. The quantitative estimate of drug-likeness (QED) is 0.833. The molecule has 0 spiro atoms. The van der Waals surface area contributed by atoms with E-state index in [-0.39, 0.29) is 11.9 Å². The van der Waals surface area contributed by atoms with Crippen LogP contribution in [0, 0.1) is 0 Å². The Balaban J connectivity index is 1.96. The summed E-state index contributed by atoms with van der Waals surface area (Å²) < 4.78 is 0. The lowest BCUT2D eigenvalue weighted by atomic mass is 10.3. The summed E-state index contributed by atoms with van der Waals surface area (Å²) in [7, 11) is 0. The van der Waals surface area contributed by atoms with Crippen LogP contribution in [0.3, 0.4) is 0 Å². The molecule has 0 radical (unpaired) electrons. The number of pyridine rings is 1. The van der Waals surface area contributed by atoms with Crippen molar-refractivity contribution in [2.45, 2.75) is 31.5 Å². The molecule has 0 aliphatic heterocycles. The maximum Gasteiger partial charge on any atom is 0.230 e. The zero-order valence-electron chi connectivity index (χ0n) is 10.7. The van der Waals surface area contributed by atoms with Crippen molar-refractivity contribution in [3.05, 3.63) is 17.3 Å². The Morgan fingerprint density at radius 1 is 1.63 bits per heavy atom. The van der Waals surface area contributed by atoms with E-state index in [1.807, 2.05) is 13.8 Å². The molecule has 0 aliphatic carbocycles. The number of H-pyrrole nitrogens is 1. The molecule has 0 saturated heterocycles. The first-order chi connectivity index (χ1) is 9.08. The Bertz CT molecular complexity index is 586. The Hall–Kier alpha value is -1.27. The first kappa shape index (κ1) is 14.1. The van der Waals surface area contributed by atoms with Crippen LogP contribution in [0.4, 0.5) is 0 Å². The van der Waals surface area contributed by atoms with Crippen LogP contribution in [0.25, 0.3) is 11.2 Å². The molecule has 2 N–H and O–H groups in total. The van der Waals surface area contributed by atoms with E-state index in [1.165, 1.54) is 11.8 Å². The second-order valence-corrected chi connectivity index (χ2v) is 5.63. The largest absolute Gasteiger partial charge is 0.353 e. The molecule has 7 heteroatoms. The number of amides is 1. The summed E-state index contributed by atoms with van der Waals surface area (Å²) in [4.78, 5) is 23.1. The Morgan fingerprint density at radius 3 is 3.16 bits per heavy atom. The predicted octanol–water partition coefficient (Wildman–Crippen LogP) is 2.62. The van der Waals surface area contributed by atoms with Crippen molar-refractivity contribution in [3.8, 4) is 0 Å². The molecule has 2 aromatic rings. The van der Waals surface area contributed by atoms with Gasteiger partial charge in [-0.05, 0) is 19.4 Å².